The average Bonchev–Trinajstić information content (AvgIpc) is 3.54. The van der Waals surface area contributed by atoms with Gasteiger partial charge in [-0.1, -0.05) is 0 Å². The van der Waals surface area contributed by atoms with Crippen molar-refractivity contribution in [1.29, 1.82) is 0 Å². The molecule has 2 saturated heterocycles. The van der Waals surface area contributed by atoms with Crippen LogP contribution in [-0.2, 0) is 16.0 Å². The molecule has 2 aliphatic heterocycles. The molecule has 6 nitrogen and oxygen atoms in total. The van der Waals surface area contributed by atoms with Crippen molar-refractivity contribution in [3.63, 3.8) is 0 Å². The van der Waals surface area contributed by atoms with Gasteiger partial charge in [0.15, 0.2) is 0 Å². The number of likely N-dealkylation sites (tertiary alicyclic amines) is 2. The first-order chi connectivity index (χ1) is 13.1. The van der Waals surface area contributed by atoms with Gasteiger partial charge in [0.1, 0.15) is 0 Å². The minimum absolute atomic E-state index is 0.133. The number of rotatable bonds is 5. The SMILES string of the molecule is N[C@H](C(=O)N1CCC2(CCC(=O)N(CCc3ccncc3)C2)CC1)C1CC1. The molecule has 3 fully saturated rings. The Morgan fingerprint density at radius 2 is 1.93 bits per heavy atom. The van der Waals surface area contributed by atoms with E-state index in [9.17, 15) is 9.59 Å². The zero-order valence-electron chi connectivity index (χ0n) is 16.0. The van der Waals surface area contributed by atoms with E-state index < -0.39 is 0 Å². The number of hydrogen-bond donors (Lipinski definition) is 1. The zero-order valence-corrected chi connectivity index (χ0v) is 16.0. The molecule has 0 radical (unpaired) electrons. The van der Waals surface area contributed by atoms with Crippen LogP contribution in [0.4, 0.5) is 0 Å². The lowest BCUT2D eigenvalue weighted by Crippen LogP contribution is -2.55. The largest absolute Gasteiger partial charge is 0.342 e. The second-order valence-corrected chi connectivity index (χ2v) is 8.61. The normalized spacial score (nSPS) is 23.5. The molecule has 1 atom stereocenters. The molecule has 0 unspecified atom stereocenters. The molecule has 27 heavy (non-hydrogen) atoms. The lowest BCUT2D eigenvalue weighted by Gasteiger charge is -2.47. The molecular formula is C21H30N4O2. The summed E-state index contributed by atoms with van der Waals surface area (Å²) in [6, 6.07) is 3.72. The molecule has 0 aromatic carbocycles. The van der Waals surface area contributed by atoms with Gasteiger partial charge in [0.2, 0.25) is 11.8 Å². The van der Waals surface area contributed by atoms with E-state index in [1.54, 1.807) is 12.4 Å². The Bertz CT molecular complexity index is 681. The predicted molar refractivity (Wildman–Crippen MR) is 103 cm³/mol. The molecule has 3 aliphatic rings. The standard InChI is InChI=1S/C21H30N4O2/c22-19(17-1-2-17)20(27)24-13-8-21(9-14-24)7-3-18(26)25(15-21)12-6-16-4-10-23-11-5-16/h4-5,10-11,17,19H,1-3,6-9,12-15,22H2/t19-/m0/s1. The van der Waals surface area contributed by atoms with Gasteiger partial charge < -0.3 is 15.5 Å². The van der Waals surface area contributed by atoms with E-state index in [1.165, 1.54) is 5.56 Å². The van der Waals surface area contributed by atoms with E-state index >= 15 is 0 Å². The van der Waals surface area contributed by atoms with Gasteiger partial charge in [-0.2, -0.15) is 0 Å². The van der Waals surface area contributed by atoms with Crippen molar-refractivity contribution < 1.29 is 9.59 Å². The monoisotopic (exact) mass is 370 g/mol. The highest BCUT2D eigenvalue weighted by molar-refractivity contribution is 5.82. The van der Waals surface area contributed by atoms with E-state index in [-0.39, 0.29) is 23.3 Å². The molecule has 1 aromatic rings. The van der Waals surface area contributed by atoms with Crippen molar-refractivity contribution in [2.75, 3.05) is 26.2 Å². The van der Waals surface area contributed by atoms with Crippen LogP contribution in [0.3, 0.4) is 0 Å². The van der Waals surface area contributed by atoms with E-state index in [2.05, 4.69) is 4.98 Å². The van der Waals surface area contributed by atoms with Gasteiger partial charge in [-0.3, -0.25) is 14.6 Å². The number of amides is 2. The Morgan fingerprint density at radius 1 is 1.22 bits per heavy atom. The molecule has 0 bridgehead atoms. The van der Waals surface area contributed by atoms with Crippen molar-refractivity contribution >= 4 is 11.8 Å². The number of aromatic nitrogens is 1. The van der Waals surface area contributed by atoms with E-state index in [4.69, 9.17) is 5.73 Å². The summed E-state index contributed by atoms with van der Waals surface area (Å²) in [5.74, 6) is 0.807. The lowest BCUT2D eigenvalue weighted by atomic mass is 9.72. The first-order valence-corrected chi connectivity index (χ1v) is 10.3. The molecule has 3 heterocycles. The molecule has 1 spiro atoms. The van der Waals surface area contributed by atoms with Crippen LogP contribution < -0.4 is 5.73 Å². The molecule has 6 heteroatoms. The van der Waals surface area contributed by atoms with E-state index in [0.29, 0.717) is 12.3 Å². The fraction of sp³-hybridized carbons (Fsp3) is 0.667. The summed E-state index contributed by atoms with van der Waals surface area (Å²) in [7, 11) is 0. The summed E-state index contributed by atoms with van der Waals surface area (Å²) in [5, 5.41) is 0. The van der Waals surface area contributed by atoms with Crippen LogP contribution in [0.25, 0.3) is 0 Å². The van der Waals surface area contributed by atoms with Crippen LogP contribution in [0, 0.1) is 11.3 Å². The van der Waals surface area contributed by atoms with Gasteiger partial charge in [-0.25, -0.2) is 0 Å². The average molecular weight is 370 g/mol. The van der Waals surface area contributed by atoms with Crippen LogP contribution >= 0.6 is 0 Å². The highest BCUT2D eigenvalue weighted by Gasteiger charge is 2.43. The molecule has 146 valence electrons. The third-order valence-electron chi connectivity index (χ3n) is 6.72. The Morgan fingerprint density at radius 3 is 2.59 bits per heavy atom. The molecule has 4 rings (SSSR count). The third kappa shape index (κ3) is 4.15. The summed E-state index contributed by atoms with van der Waals surface area (Å²) in [6.45, 7) is 3.16. The summed E-state index contributed by atoms with van der Waals surface area (Å²) >= 11 is 0. The molecule has 1 saturated carbocycles. The van der Waals surface area contributed by atoms with Crippen LogP contribution in [0.15, 0.2) is 24.5 Å². The minimum atomic E-state index is -0.302. The second kappa shape index (κ2) is 7.58. The van der Waals surface area contributed by atoms with Crippen molar-refractivity contribution in [2.45, 2.75) is 51.0 Å². The fourth-order valence-corrected chi connectivity index (χ4v) is 4.60. The van der Waals surface area contributed by atoms with Gasteiger partial charge in [-0.15, -0.1) is 0 Å². The summed E-state index contributed by atoms with van der Waals surface area (Å²) in [6.07, 6.45) is 10.2. The lowest BCUT2D eigenvalue weighted by molar-refractivity contribution is -0.143. The maximum absolute atomic E-state index is 12.6. The number of carbonyl (C=O) groups excluding carboxylic acids is 2. The second-order valence-electron chi connectivity index (χ2n) is 8.61. The van der Waals surface area contributed by atoms with Gasteiger partial charge >= 0.3 is 0 Å². The minimum Gasteiger partial charge on any atom is -0.342 e. The first kappa shape index (κ1) is 18.4. The summed E-state index contributed by atoms with van der Waals surface area (Å²) in [4.78, 5) is 33.0. The topological polar surface area (TPSA) is 79.5 Å². The molecule has 2 N–H and O–H groups in total. The smallest absolute Gasteiger partial charge is 0.239 e. The van der Waals surface area contributed by atoms with Gasteiger partial charge in [0.25, 0.3) is 0 Å². The molecule has 1 aliphatic carbocycles. The van der Waals surface area contributed by atoms with Crippen molar-refractivity contribution in [1.82, 2.24) is 14.8 Å². The first-order valence-electron chi connectivity index (χ1n) is 10.3. The molecule has 1 aromatic heterocycles. The van der Waals surface area contributed by atoms with Gasteiger partial charge in [0.05, 0.1) is 6.04 Å². The van der Waals surface area contributed by atoms with Gasteiger partial charge in [0, 0.05) is 45.0 Å². The van der Waals surface area contributed by atoms with Crippen LogP contribution in [0.1, 0.15) is 44.1 Å². The van der Waals surface area contributed by atoms with Crippen LogP contribution in [-0.4, -0.2) is 58.8 Å². The fourth-order valence-electron chi connectivity index (χ4n) is 4.60. The third-order valence-corrected chi connectivity index (χ3v) is 6.72. The Labute approximate surface area is 161 Å². The Kier molecular flexibility index (Phi) is 5.17. The number of carbonyl (C=O) groups is 2. The summed E-state index contributed by atoms with van der Waals surface area (Å²) < 4.78 is 0. The molecular weight excluding hydrogens is 340 g/mol. The van der Waals surface area contributed by atoms with E-state index in [0.717, 1.165) is 64.7 Å². The van der Waals surface area contributed by atoms with Crippen LogP contribution in [0.5, 0.6) is 0 Å². The Hall–Kier alpha value is -1.95. The van der Waals surface area contributed by atoms with Gasteiger partial charge in [-0.05, 0) is 67.6 Å². The zero-order chi connectivity index (χ0) is 18.9. The van der Waals surface area contributed by atoms with Crippen LogP contribution in [0.2, 0.25) is 0 Å². The highest BCUT2D eigenvalue weighted by Crippen LogP contribution is 2.41. The highest BCUT2D eigenvalue weighted by atomic mass is 16.2. The molecule has 2 amide bonds. The number of nitrogens with two attached hydrogens (primary N) is 1. The predicted octanol–water partition coefficient (Wildman–Crippen LogP) is 1.59. The maximum atomic E-state index is 12.6. The van der Waals surface area contributed by atoms with E-state index in [1.807, 2.05) is 21.9 Å². The number of piperidine rings is 2. The quantitative estimate of drug-likeness (QED) is 0.854. The van der Waals surface area contributed by atoms with Crippen molar-refractivity contribution in [3.05, 3.63) is 30.1 Å². The Balaban J connectivity index is 1.32. The van der Waals surface area contributed by atoms with Crippen molar-refractivity contribution in [3.8, 4) is 0 Å². The number of hydrogen-bond acceptors (Lipinski definition) is 4. The number of pyridine rings is 1. The number of nitrogens with zero attached hydrogens (tertiary/aromatic N) is 3. The van der Waals surface area contributed by atoms with Crippen molar-refractivity contribution in [2.24, 2.45) is 17.1 Å². The summed E-state index contributed by atoms with van der Waals surface area (Å²) in [5.41, 5.74) is 7.50. The maximum Gasteiger partial charge on any atom is 0.239 e.